The highest BCUT2D eigenvalue weighted by molar-refractivity contribution is 5.94. The van der Waals surface area contributed by atoms with E-state index in [4.69, 9.17) is 0 Å². The molecule has 6 heteroatoms. The largest absolute Gasteiger partial charge is 0.435 e. The molecule has 1 aromatic carbocycles. The molecule has 2 unspecified atom stereocenters. The second kappa shape index (κ2) is 7.36. The molecular formula is C15H20F2N2O2. The number of anilines is 1. The lowest BCUT2D eigenvalue weighted by atomic mass is 9.90. The minimum absolute atomic E-state index is 0.0739. The molecule has 116 valence electrons. The van der Waals surface area contributed by atoms with Gasteiger partial charge in [0.2, 0.25) is 5.91 Å². The molecule has 2 atom stereocenters. The van der Waals surface area contributed by atoms with Crippen molar-refractivity contribution >= 4 is 11.6 Å². The molecule has 2 rings (SSSR count). The van der Waals surface area contributed by atoms with Gasteiger partial charge in [-0.05, 0) is 49.6 Å². The summed E-state index contributed by atoms with van der Waals surface area (Å²) in [7, 11) is 0. The third-order valence-corrected chi connectivity index (χ3v) is 3.75. The molecule has 1 fully saturated rings. The highest BCUT2D eigenvalue weighted by Crippen LogP contribution is 2.21. The number of hydrogen-bond donors (Lipinski definition) is 2. The quantitative estimate of drug-likeness (QED) is 0.878. The lowest BCUT2D eigenvalue weighted by Gasteiger charge is -2.28. The van der Waals surface area contributed by atoms with E-state index in [1.165, 1.54) is 12.1 Å². The van der Waals surface area contributed by atoms with Gasteiger partial charge >= 0.3 is 6.61 Å². The van der Waals surface area contributed by atoms with Gasteiger partial charge < -0.3 is 15.4 Å². The van der Waals surface area contributed by atoms with Crippen molar-refractivity contribution in [3.05, 3.63) is 24.3 Å². The fraction of sp³-hybridized carbons (Fsp3) is 0.533. The monoisotopic (exact) mass is 298 g/mol. The summed E-state index contributed by atoms with van der Waals surface area (Å²) in [5.74, 6) is 0.560. The molecule has 0 radical (unpaired) electrons. The number of carbonyl (C=O) groups is 1. The third-order valence-electron chi connectivity index (χ3n) is 3.75. The molecule has 1 amide bonds. The summed E-state index contributed by atoms with van der Waals surface area (Å²) in [6, 6.07) is 5.72. The Bertz CT molecular complexity index is 465. The zero-order valence-corrected chi connectivity index (χ0v) is 11.9. The Balaban J connectivity index is 1.90. The Morgan fingerprint density at radius 3 is 2.76 bits per heavy atom. The van der Waals surface area contributed by atoms with E-state index in [1.807, 2.05) is 0 Å². The van der Waals surface area contributed by atoms with Crippen molar-refractivity contribution in [2.75, 3.05) is 11.9 Å². The van der Waals surface area contributed by atoms with Gasteiger partial charge in [0.15, 0.2) is 0 Å². The van der Waals surface area contributed by atoms with Gasteiger partial charge in [-0.2, -0.15) is 8.78 Å². The molecule has 4 nitrogen and oxygen atoms in total. The molecule has 0 spiro atoms. The van der Waals surface area contributed by atoms with E-state index in [-0.39, 0.29) is 17.7 Å². The molecular weight excluding hydrogens is 278 g/mol. The topological polar surface area (TPSA) is 50.4 Å². The number of ether oxygens (including phenoxy) is 1. The number of carbonyl (C=O) groups excluding carboxylic acids is 1. The predicted molar refractivity (Wildman–Crippen MR) is 76.5 cm³/mol. The Morgan fingerprint density at radius 2 is 2.14 bits per heavy atom. The van der Waals surface area contributed by atoms with Crippen LogP contribution in [0.4, 0.5) is 14.5 Å². The summed E-state index contributed by atoms with van der Waals surface area (Å²) >= 11 is 0. The molecule has 0 aromatic heterocycles. The van der Waals surface area contributed by atoms with Crippen molar-refractivity contribution in [1.82, 2.24) is 5.32 Å². The fourth-order valence-corrected chi connectivity index (χ4v) is 2.52. The molecule has 1 aliphatic rings. The molecule has 0 aliphatic carbocycles. The van der Waals surface area contributed by atoms with E-state index in [0.29, 0.717) is 11.6 Å². The fourth-order valence-electron chi connectivity index (χ4n) is 2.52. The summed E-state index contributed by atoms with van der Waals surface area (Å²) in [4.78, 5) is 12.2. The van der Waals surface area contributed by atoms with E-state index < -0.39 is 6.61 Å². The summed E-state index contributed by atoms with van der Waals surface area (Å²) in [5, 5.41) is 6.00. The maximum absolute atomic E-state index is 12.2. The Morgan fingerprint density at radius 1 is 1.43 bits per heavy atom. The van der Waals surface area contributed by atoms with Crippen LogP contribution in [0.3, 0.4) is 0 Å². The van der Waals surface area contributed by atoms with Crippen LogP contribution in [0.5, 0.6) is 5.75 Å². The first-order valence-corrected chi connectivity index (χ1v) is 7.17. The summed E-state index contributed by atoms with van der Waals surface area (Å²) in [6.07, 6.45) is 3.00. The number of amides is 1. The molecule has 2 N–H and O–H groups in total. The number of hydrogen-bond acceptors (Lipinski definition) is 3. The van der Waals surface area contributed by atoms with Crippen molar-refractivity contribution in [2.45, 2.75) is 38.8 Å². The van der Waals surface area contributed by atoms with Crippen LogP contribution in [0.15, 0.2) is 24.3 Å². The summed E-state index contributed by atoms with van der Waals surface area (Å²) < 4.78 is 28.3. The van der Waals surface area contributed by atoms with Crippen LogP contribution in [-0.4, -0.2) is 25.1 Å². The van der Waals surface area contributed by atoms with Gasteiger partial charge in [-0.3, -0.25) is 4.79 Å². The van der Waals surface area contributed by atoms with Crippen LogP contribution >= 0.6 is 0 Å². The van der Waals surface area contributed by atoms with Crippen LogP contribution in [0.2, 0.25) is 0 Å². The normalized spacial score (nSPS) is 22.1. The first kappa shape index (κ1) is 15.7. The van der Waals surface area contributed by atoms with Crippen molar-refractivity contribution in [3.63, 3.8) is 0 Å². The van der Waals surface area contributed by atoms with Crippen LogP contribution in [0, 0.1) is 5.92 Å². The predicted octanol–water partition coefficient (Wildman–Crippen LogP) is 3.00. The molecule has 21 heavy (non-hydrogen) atoms. The number of benzene rings is 1. The maximum atomic E-state index is 12.2. The van der Waals surface area contributed by atoms with Crippen LogP contribution in [-0.2, 0) is 4.79 Å². The number of alkyl halides is 2. The second-order valence-corrected chi connectivity index (χ2v) is 5.20. The zero-order valence-electron chi connectivity index (χ0n) is 11.9. The van der Waals surface area contributed by atoms with Gasteiger partial charge in [-0.1, -0.05) is 13.3 Å². The summed E-state index contributed by atoms with van der Waals surface area (Å²) in [6.45, 7) is 0.132. The van der Waals surface area contributed by atoms with Gasteiger partial charge in [0.1, 0.15) is 5.75 Å². The first-order valence-electron chi connectivity index (χ1n) is 7.17. The number of halogens is 2. The molecule has 0 saturated carbocycles. The zero-order chi connectivity index (χ0) is 15.2. The van der Waals surface area contributed by atoms with Crippen LogP contribution < -0.4 is 15.4 Å². The minimum Gasteiger partial charge on any atom is -0.435 e. The van der Waals surface area contributed by atoms with Gasteiger partial charge in [0, 0.05) is 5.69 Å². The smallest absolute Gasteiger partial charge is 0.387 e. The average Bonchev–Trinajstić information content (AvgIpc) is 2.49. The lowest BCUT2D eigenvalue weighted by molar-refractivity contribution is -0.119. The van der Waals surface area contributed by atoms with Crippen molar-refractivity contribution in [1.29, 1.82) is 0 Å². The van der Waals surface area contributed by atoms with Crippen LogP contribution in [0.25, 0.3) is 0 Å². The first-order chi connectivity index (χ1) is 10.1. The SMILES string of the molecule is CCC1CCNC(C(=O)Nc2ccc(OC(F)F)cc2)C1. The van der Waals surface area contributed by atoms with Gasteiger partial charge in [0.25, 0.3) is 0 Å². The molecule has 1 aromatic rings. The maximum Gasteiger partial charge on any atom is 0.387 e. The van der Waals surface area contributed by atoms with E-state index in [2.05, 4.69) is 22.3 Å². The number of nitrogens with one attached hydrogen (secondary N) is 2. The molecule has 0 bridgehead atoms. The Kier molecular flexibility index (Phi) is 5.50. The van der Waals surface area contributed by atoms with E-state index in [1.54, 1.807) is 12.1 Å². The lowest BCUT2D eigenvalue weighted by Crippen LogP contribution is -2.46. The third kappa shape index (κ3) is 4.67. The highest BCUT2D eigenvalue weighted by Gasteiger charge is 2.25. The second-order valence-electron chi connectivity index (χ2n) is 5.20. The highest BCUT2D eigenvalue weighted by atomic mass is 19.3. The van der Waals surface area contributed by atoms with Gasteiger partial charge in [0.05, 0.1) is 6.04 Å². The van der Waals surface area contributed by atoms with Crippen molar-refractivity contribution in [3.8, 4) is 5.75 Å². The number of rotatable bonds is 5. The van der Waals surface area contributed by atoms with E-state index >= 15 is 0 Å². The van der Waals surface area contributed by atoms with Gasteiger partial charge in [-0.15, -0.1) is 0 Å². The standard InChI is InChI=1S/C15H20F2N2O2/c1-2-10-7-8-18-13(9-10)14(20)19-11-3-5-12(6-4-11)21-15(16)17/h3-6,10,13,15,18H,2,7-9H2,1H3,(H,19,20). The Hall–Kier alpha value is -1.69. The molecule has 1 heterocycles. The van der Waals surface area contributed by atoms with E-state index in [9.17, 15) is 13.6 Å². The number of piperidine rings is 1. The molecule has 1 saturated heterocycles. The van der Waals surface area contributed by atoms with Crippen molar-refractivity contribution in [2.24, 2.45) is 5.92 Å². The average molecular weight is 298 g/mol. The van der Waals surface area contributed by atoms with E-state index in [0.717, 1.165) is 25.8 Å². The van der Waals surface area contributed by atoms with Crippen LogP contribution in [0.1, 0.15) is 26.2 Å². The minimum atomic E-state index is -2.84. The van der Waals surface area contributed by atoms with Gasteiger partial charge in [-0.25, -0.2) is 0 Å². The Labute approximate surface area is 122 Å². The summed E-state index contributed by atoms with van der Waals surface area (Å²) in [5.41, 5.74) is 0.571. The van der Waals surface area contributed by atoms with Crippen molar-refractivity contribution < 1.29 is 18.3 Å². The molecule has 1 aliphatic heterocycles.